The van der Waals surface area contributed by atoms with Crippen molar-refractivity contribution in [2.45, 2.75) is 33.1 Å². The third-order valence-corrected chi connectivity index (χ3v) is 2.88. The fourth-order valence-corrected chi connectivity index (χ4v) is 1.36. The largest absolute Gasteiger partial charge is 0.381 e. The van der Waals surface area contributed by atoms with Gasteiger partial charge in [0.25, 0.3) is 10.1 Å². The number of ether oxygens (including phenoxy) is 1. The molecule has 0 aliphatic carbocycles. The molecule has 86 valence electrons. The molecule has 0 rings (SSSR count). The van der Waals surface area contributed by atoms with Crippen LogP contribution in [0.15, 0.2) is 0 Å². The second-order valence-corrected chi connectivity index (χ2v) is 4.92. The molecule has 0 aromatic carbocycles. The van der Waals surface area contributed by atoms with E-state index < -0.39 is 10.1 Å². The highest BCUT2D eigenvalue weighted by atomic mass is 32.2. The van der Waals surface area contributed by atoms with Gasteiger partial charge in [0.2, 0.25) is 0 Å². The van der Waals surface area contributed by atoms with Crippen LogP contribution in [0.5, 0.6) is 0 Å². The number of hydrogen-bond donors (Lipinski definition) is 0. The van der Waals surface area contributed by atoms with Gasteiger partial charge in [-0.2, -0.15) is 8.42 Å². The molecule has 5 heteroatoms. The Balaban J connectivity index is 3.22. The highest BCUT2D eigenvalue weighted by Crippen LogP contribution is 1.97. The van der Waals surface area contributed by atoms with Crippen molar-refractivity contribution in [1.82, 2.24) is 0 Å². The monoisotopic (exact) mass is 224 g/mol. The molecule has 14 heavy (non-hydrogen) atoms. The molecule has 0 atom stereocenters. The summed E-state index contributed by atoms with van der Waals surface area (Å²) in [7, 11) is -3.26. The first-order valence-electron chi connectivity index (χ1n) is 5.07. The van der Waals surface area contributed by atoms with Crippen molar-refractivity contribution >= 4 is 10.1 Å². The molecule has 0 aliphatic rings. The first-order chi connectivity index (χ1) is 6.62. The molecule has 0 radical (unpaired) electrons. The Kier molecular flexibility index (Phi) is 8.12. The Labute approximate surface area is 86.7 Å². The van der Waals surface area contributed by atoms with Crippen molar-refractivity contribution in [3.8, 4) is 0 Å². The SMILES string of the molecule is CCCOCCCCOS(=O)(=O)CC. The van der Waals surface area contributed by atoms with E-state index in [2.05, 4.69) is 6.92 Å². The van der Waals surface area contributed by atoms with Gasteiger partial charge < -0.3 is 4.74 Å². The minimum Gasteiger partial charge on any atom is -0.381 e. The Morgan fingerprint density at radius 3 is 2.21 bits per heavy atom. The molecule has 0 N–H and O–H groups in total. The van der Waals surface area contributed by atoms with Crippen LogP contribution in [0.2, 0.25) is 0 Å². The number of unbranched alkanes of at least 4 members (excludes halogenated alkanes) is 1. The molecular formula is C9H20O4S. The van der Waals surface area contributed by atoms with E-state index in [0.29, 0.717) is 6.61 Å². The van der Waals surface area contributed by atoms with Crippen LogP contribution in [0.3, 0.4) is 0 Å². The van der Waals surface area contributed by atoms with E-state index in [9.17, 15) is 8.42 Å². The Morgan fingerprint density at radius 2 is 1.64 bits per heavy atom. The zero-order chi connectivity index (χ0) is 10.9. The normalized spacial score (nSPS) is 11.9. The second-order valence-electron chi connectivity index (χ2n) is 2.99. The predicted octanol–water partition coefficient (Wildman–Crippen LogP) is 1.56. The summed E-state index contributed by atoms with van der Waals surface area (Å²) in [6, 6.07) is 0. The molecule has 0 bridgehead atoms. The van der Waals surface area contributed by atoms with E-state index in [1.807, 2.05) is 0 Å². The second kappa shape index (κ2) is 8.20. The summed E-state index contributed by atoms with van der Waals surface area (Å²) in [5.41, 5.74) is 0. The van der Waals surface area contributed by atoms with Crippen molar-refractivity contribution < 1.29 is 17.3 Å². The molecule has 0 aliphatic heterocycles. The van der Waals surface area contributed by atoms with Crippen LogP contribution in [0.1, 0.15) is 33.1 Å². The lowest BCUT2D eigenvalue weighted by atomic mass is 10.3. The van der Waals surface area contributed by atoms with Crippen LogP contribution >= 0.6 is 0 Å². The van der Waals surface area contributed by atoms with E-state index in [-0.39, 0.29) is 12.4 Å². The topological polar surface area (TPSA) is 52.6 Å². The maximum atomic E-state index is 10.9. The molecule has 0 aromatic rings. The van der Waals surface area contributed by atoms with Gasteiger partial charge in [-0.15, -0.1) is 0 Å². The van der Waals surface area contributed by atoms with Crippen LogP contribution in [-0.2, 0) is 19.0 Å². The molecule has 4 nitrogen and oxygen atoms in total. The van der Waals surface area contributed by atoms with E-state index in [4.69, 9.17) is 8.92 Å². The lowest BCUT2D eigenvalue weighted by Crippen LogP contribution is -2.09. The molecule has 0 saturated heterocycles. The van der Waals surface area contributed by atoms with E-state index in [0.717, 1.165) is 25.9 Å². The quantitative estimate of drug-likeness (QED) is 0.440. The van der Waals surface area contributed by atoms with Crippen molar-refractivity contribution in [3.63, 3.8) is 0 Å². The Morgan fingerprint density at radius 1 is 1.00 bits per heavy atom. The zero-order valence-corrected chi connectivity index (χ0v) is 9.81. The van der Waals surface area contributed by atoms with Gasteiger partial charge in [0.15, 0.2) is 0 Å². The Bertz CT molecular complexity index is 211. The van der Waals surface area contributed by atoms with Gasteiger partial charge >= 0.3 is 0 Å². The first kappa shape index (κ1) is 13.9. The van der Waals surface area contributed by atoms with E-state index in [1.54, 1.807) is 6.92 Å². The van der Waals surface area contributed by atoms with Gasteiger partial charge in [-0.05, 0) is 26.2 Å². The molecule has 0 aromatic heterocycles. The molecular weight excluding hydrogens is 204 g/mol. The lowest BCUT2D eigenvalue weighted by Gasteiger charge is -2.03. The van der Waals surface area contributed by atoms with Crippen LogP contribution in [0.25, 0.3) is 0 Å². The van der Waals surface area contributed by atoms with Gasteiger partial charge in [0.05, 0.1) is 12.4 Å². The zero-order valence-electron chi connectivity index (χ0n) is 8.99. The minimum atomic E-state index is -3.26. The molecule has 0 fully saturated rings. The van der Waals surface area contributed by atoms with Crippen molar-refractivity contribution in [2.75, 3.05) is 25.6 Å². The third kappa shape index (κ3) is 8.47. The van der Waals surface area contributed by atoms with Crippen LogP contribution in [0.4, 0.5) is 0 Å². The summed E-state index contributed by atoms with van der Waals surface area (Å²) in [5, 5.41) is 0. The fraction of sp³-hybridized carbons (Fsp3) is 1.00. The van der Waals surface area contributed by atoms with Crippen LogP contribution < -0.4 is 0 Å². The minimum absolute atomic E-state index is 0.0410. The van der Waals surface area contributed by atoms with E-state index >= 15 is 0 Å². The van der Waals surface area contributed by atoms with E-state index in [1.165, 1.54) is 0 Å². The maximum Gasteiger partial charge on any atom is 0.267 e. The van der Waals surface area contributed by atoms with Gasteiger partial charge in [-0.3, -0.25) is 4.18 Å². The lowest BCUT2D eigenvalue weighted by molar-refractivity contribution is 0.127. The number of hydrogen-bond acceptors (Lipinski definition) is 4. The summed E-state index contributed by atoms with van der Waals surface area (Å²) in [6.07, 6.45) is 2.59. The number of rotatable bonds is 9. The maximum absolute atomic E-state index is 10.9. The third-order valence-electron chi connectivity index (χ3n) is 1.65. The van der Waals surface area contributed by atoms with Gasteiger partial charge in [0, 0.05) is 13.2 Å². The summed E-state index contributed by atoms with van der Waals surface area (Å²) in [6.45, 7) is 5.35. The van der Waals surface area contributed by atoms with Gasteiger partial charge in [0.1, 0.15) is 0 Å². The van der Waals surface area contributed by atoms with Gasteiger partial charge in [-0.1, -0.05) is 6.92 Å². The summed E-state index contributed by atoms with van der Waals surface area (Å²) >= 11 is 0. The summed E-state index contributed by atoms with van der Waals surface area (Å²) < 4.78 is 31.7. The Hall–Kier alpha value is -0.130. The standard InChI is InChI=1S/C9H20O4S/c1-3-7-12-8-5-6-9-13-14(10,11)4-2/h3-9H2,1-2H3. The predicted molar refractivity (Wildman–Crippen MR) is 55.8 cm³/mol. The van der Waals surface area contributed by atoms with Crippen molar-refractivity contribution in [1.29, 1.82) is 0 Å². The molecule has 0 spiro atoms. The smallest absolute Gasteiger partial charge is 0.267 e. The molecule has 0 heterocycles. The highest BCUT2D eigenvalue weighted by molar-refractivity contribution is 7.86. The van der Waals surface area contributed by atoms with Gasteiger partial charge in [-0.25, -0.2) is 0 Å². The van der Waals surface area contributed by atoms with Crippen molar-refractivity contribution in [3.05, 3.63) is 0 Å². The average molecular weight is 224 g/mol. The molecule has 0 amide bonds. The first-order valence-corrected chi connectivity index (χ1v) is 6.65. The molecule has 0 saturated carbocycles. The van der Waals surface area contributed by atoms with Crippen LogP contribution in [0, 0.1) is 0 Å². The fourth-order valence-electron chi connectivity index (χ4n) is 0.822. The molecule has 0 unspecified atom stereocenters. The van der Waals surface area contributed by atoms with Crippen molar-refractivity contribution in [2.24, 2.45) is 0 Å². The highest BCUT2D eigenvalue weighted by Gasteiger charge is 2.05. The average Bonchev–Trinajstić information content (AvgIpc) is 2.16. The summed E-state index contributed by atoms with van der Waals surface area (Å²) in [5.74, 6) is 0.0410. The van der Waals surface area contributed by atoms with Crippen LogP contribution in [-0.4, -0.2) is 34.0 Å². The summed E-state index contributed by atoms with van der Waals surface area (Å²) in [4.78, 5) is 0.